The molecule has 0 aliphatic carbocycles. The zero-order valence-electron chi connectivity index (χ0n) is 13.6. The number of anilines is 2. The van der Waals surface area contributed by atoms with Crippen LogP contribution in [0.25, 0.3) is 0 Å². The van der Waals surface area contributed by atoms with E-state index < -0.39 is 0 Å². The highest BCUT2D eigenvalue weighted by Gasteiger charge is 2.04. The lowest BCUT2D eigenvalue weighted by atomic mass is 10.1. The largest absolute Gasteiger partial charge is 0.381 e. The summed E-state index contributed by atoms with van der Waals surface area (Å²) in [4.78, 5) is 12.1. The summed E-state index contributed by atoms with van der Waals surface area (Å²) in [5.74, 6) is -0.101. The zero-order valence-corrected chi connectivity index (χ0v) is 13.6. The first kappa shape index (κ1) is 15.8. The minimum atomic E-state index is -0.101. The Morgan fingerprint density at radius 1 is 0.792 bits per heavy atom. The van der Waals surface area contributed by atoms with E-state index in [1.807, 2.05) is 42.5 Å². The number of benzene rings is 3. The smallest absolute Gasteiger partial charge is 0.255 e. The topological polar surface area (TPSA) is 41.1 Å². The highest BCUT2D eigenvalue weighted by molar-refractivity contribution is 6.04. The van der Waals surface area contributed by atoms with Crippen molar-refractivity contribution in [3.05, 3.63) is 95.6 Å². The molecule has 0 saturated carbocycles. The number of amides is 1. The molecule has 0 atom stereocenters. The molecule has 0 unspecified atom stereocenters. The molecule has 3 rings (SSSR count). The third-order valence-electron chi connectivity index (χ3n) is 3.80. The van der Waals surface area contributed by atoms with Gasteiger partial charge in [-0.15, -0.1) is 0 Å². The van der Waals surface area contributed by atoms with Crippen molar-refractivity contribution >= 4 is 17.3 Å². The first-order chi connectivity index (χ1) is 11.7. The van der Waals surface area contributed by atoms with Crippen LogP contribution in [-0.4, -0.2) is 5.91 Å². The van der Waals surface area contributed by atoms with Crippen molar-refractivity contribution in [2.24, 2.45) is 0 Å². The summed E-state index contributed by atoms with van der Waals surface area (Å²) >= 11 is 0. The summed E-state index contributed by atoms with van der Waals surface area (Å²) in [5, 5.41) is 6.28. The number of nitrogens with one attached hydrogen (secondary N) is 2. The summed E-state index contributed by atoms with van der Waals surface area (Å²) in [6.45, 7) is 2.86. The summed E-state index contributed by atoms with van der Waals surface area (Å²) in [7, 11) is 0. The van der Waals surface area contributed by atoms with Gasteiger partial charge in [-0.3, -0.25) is 4.79 Å². The molecule has 0 bridgehead atoms. The maximum Gasteiger partial charge on any atom is 0.255 e. The number of carbonyl (C=O) groups is 1. The fourth-order valence-electron chi connectivity index (χ4n) is 2.37. The van der Waals surface area contributed by atoms with Crippen LogP contribution in [0.15, 0.2) is 78.9 Å². The van der Waals surface area contributed by atoms with E-state index >= 15 is 0 Å². The van der Waals surface area contributed by atoms with Crippen molar-refractivity contribution in [3.8, 4) is 0 Å². The summed E-state index contributed by atoms with van der Waals surface area (Å²) in [6, 6.07) is 25.4. The summed E-state index contributed by atoms with van der Waals surface area (Å²) in [6.07, 6.45) is 0. The summed E-state index contributed by atoms with van der Waals surface area (Å²) in [5.41, 5.74) is 4.96. The van der Waals surface area contributed by atoms with Gasteiger partial charge in [0.1, 0.15) is 0 Å². The van der Waals surface area contributed by atoms with Crippen LogP contribution in [0.1, 0.15) is 21.5 Å². The van der Waals surface area contributed by atoms with Crippen molar-refractivity contribution in [1.82, 2.24) is 0 Å². The second kappa shape index (κ2) is 7.47. The van der Waals surface area contributed by atoms with Crippen LogP contribution in [0.3, 0.4) is 0 Å². The van der Waals surface area contributed by atoms with Crippen LogP contribution in [0, 0.1) is 6.92 Å². The molecular formula is C21H20N2O. The van der Waals surface area contributed by atoms with Gasteiger partial charge in [-0.2, -0.15) is 0 Å². The van der Waals surface area contributed by atoms with Gasteiger partial charge in [0.25, 0.3) is 5.91 Å². The highest BCUT2D eigenvalue weighted by atomic mass is 16.1. The van der Waals surface area contributed by atoms with E-state index in [4.69, 9.17) is 0 Å². The number of carbonyl (C=O) groups excluding carboxylic acids is 1. The van der Waals surface area contributed by atoms with Crippen molar-refractivity contribution in [2.75, 3.05) is 10.6 Å². The van der Waals surface area contributed by atoms with E-state index in [1.54, 1.807) is 12.1 Å². The fourth-order valence-corrected chi connectivity index (χ4v) is 2.37. The Morgan fingerprint density at radius 3 is 2.08 bits per heavy atom. The number of hydrogen-bond acceptors (Lipinski definition) is 2. The molecule has 2 N–H and O–H groups in total. The highest BCUT2D eigenvalue weighted by Crippen LogP contribution is 2.16. The zero-order chi connectivity index (χ0) is 16.8. The van der Waals surface area contributed by atoms with E-state index in [-0.39, 0.29) is 5.91 Å². The van der Waals surface area contributed by atoms with E-state index in [0.29, 0.717) is 5.56 Å². The van der Waals surface area contributed by atoms with Gasteiger partial charge in [0.2, 0.25) is 0 Å². The molecule has 120 valence electrons. The second-order valence-corrected chi connectivity index (χ2v) is 5.74. The lowest BCUT2D eigenvalue weighted by Gasteiger charge is -2.09. The first-order valence-electron chi connectivity index (χ1n) is 7.96. The number of hydrogen-bond donors (Lipinski definition) is 2. The predicted molar refractivity (Wildman–Crippen MR) is 99.3 cm³/mol. The second-order valence-electron chi connectivity index (χ2n) is 5.74. The van der Waals surface area contributed by atoms with Crippen molar-refractivity contribution in [3.63, 3.8) is 0 Å². The predicted octanol–water partition coefficient (Wildman–Crippen LogP) is 4.86. The van der Waals surface area contributed by atoms with Gasteiger partial charge in [-0.05, 0) is 48.9 Å². The Morgan fingerprint density at radius 2 is 1.42 bits per heavy atom. The maximum absolute atomic E-state index is 12.1. The van der Waals surface area contributed by atoms with Crippen molar-refractivity contribution in [2.45, 2.75) is 13.5 Å². The Bertz CT molecular complexity index is 794. The molecule has 0 aliphatic heterocycles. The van der Waals surface area contributed by atoms with Crippen molar-refractivity contribution < 1.29 is 4.79 Å². The molecule has 0 radical (unpaired) electrons. The molecule has 0 saturated heterocycles. The molecular weight excluding hydrogens is 296 g/mol. The monoisotopic (exact) mass is 316 g/mol. The molecule has 3 nitrogen and oxygen atoms in total. The van der Waals surface area contributed by atoms with Gasteiger partial charge in [-0.1, -0.05) is 48.0 Å². The van der Waals surface area contributed by atoms with Crippen LogP contribution < -0.4 is 10.6 Å². The van der Waals surface area contributed by atoms with Crippen molar-refractivity contribution in [1.29, 1.82) is 0 Å². The minimum Gasteiger partial charge on any atom is -0.381 e. The normalized spacial score (nSPS) is 10.2. The number of aryl methyl sites for hydroxylation is 1. The van der Waals surface area contributed by atoms with Gasteiger partial charge in [-0.25, -0.2) is 0 Å². The minimum absolute atomic E-state index is 0.101. The van der Waals surface area contributed by atoms with Crippen LogP contribution in [0.5, 0.6) is 0 Å². The average Bonchev–Trinajstić information content (AvgIpc) is 2.63. The molecule has 0 aliphatic rings. The fraction of sp³-hybridized carbons (Fsp3) is 0.0952. The van der Waals surface area contributed by atoms with Crippen LogP contribution in [0.2, 0.25) is 0 Å². The quantitative estimate of drug-likeness (QED) is 0.706. The molecule has 3 aromatic rings. The van der Waals surface area contributed by atoms with E-state index in [9.17, 15) is 4.79 Å². The SMILES string of the molecule is Cc1ccc(CNc2ccc(NC(=O)c3ccccc3)cc2)cc1. The maximum atomic E-state index is 12.1. The Hall–Kier alpha value is -3.07. The third-order valence-corrected chi connectivity index (χ3v) is 3.80. The van der Waals surface area contributed by atoms with E-state index in [2.05, 4.69) is 41.8 Å². The third kappa shape index (κ3) is 4.23. The molecule has 0 fully saturated rings. The number of rotatable bonds is 5. The van der Waals surface area contributed by atoms with Crippen LogP contribution in [0.4, 0.5) is 11.4 Å². The van der Waals surface area contributed by atoms with Gasteiger partial charge >= 0.3 is 0 Å². The molecule has 3 aromatic carbocycles. The molecule has 0 spiro atoms. The molecule has 1 amide bonds. The van der Waals surface area contributed by atoms with Gasteiger partial charge in [0.05, 0.1) is 0 Å². The van der Waals surface area contributed by atoms with E-state index in [0.717, 1.165) is 17.9 Å². The summed E-state index contributed by atoms with van der Waals surface area (Å²) < 4.78 is 0. The Balaban J connectivity index is 1.57. The van der Waals surface area contributed by atoms with Gasteiger partial charge < -0.3 is 10.6 Å². The standard InChI is InChI=1S/C21H20N2O/c1-16-7-9-17(10-8-16)15-22-19-11-13-20(14-12-19)23-21(24)18-5-3-2-4-6-18/h2-14,22H,15H2,1H3,(H,23,24). The lowest BCUT2D eigenvalue weighted by molar-refractivity contribution is 0.102. The molecule has 24 heavy (non-hydrogen) atoms. The molecule has 3 heteroatoms. The van der Waals surface area contributed by atoms with E-state index in [1.165, 1.54) is 11.1 Å². The molecule has 0 heterocycles. The first-order valence-corrected chi connectivity index (χ1v) is 7.96. The van der Waals surface area contributed by atoms with Gasteiger partial charge in [0.15, 0.2) is 0 Å². The average molecular weight is 316 g/mol. The lowest BCUT2D eigenvalue weighted by Crippen LogP contribution is -2.11. The van der Waals surface area contributed by atoms with Crippen LogP contribution in [-0.2, 0) is 6.54 Å². The Kier molecular flexibility index (Phi) is 4.92. The van der Waals surface area contributed by atoms with Crippen LogP contribution >= 0.6 is 0 Å². The Labute approximate surface area is 142 Å². The molecule has 0 aromatic heterocycles. The van der Waals surface area contributed by atoms with Gasteiger partial charge in [0, 0.05) is 23.5 Å².